The van der Waals surface area contributed by atoms with E-state index < -0.39 is 0 Å². The Labute approximate surface area is 105 Å². The molecule has 18 heavy (non-hydrogen) atoms. The van der Waals surface area contributed by atoms with E-state index in [4.69, 9.17) is 9.15 Å². The maximum absolute atomic E-state index is 11.3. The fraction of sp³-hybridized carbons (Fsp3) is 0.400. The highest BCUT2D eigenvalue weighted by Gasteiger charge is 2.28. The van der Waals surface area contributed by atoms with Gasteiger partial charge < -0.3 is 9.15 Å². The van der Waals surface area contributed by atoms with Gasteiger partial charge in [0.2, 0.25) is 0 Å². The van der Waals surface area contributed by atoms with Gasteiger partial charge in [-0.15, -0.1) is 0 Å². The van der Waals surface area contributed by atoms with Crippen LogP contribution in [0.2, 0.25) is 0 Å². The molecule has 3 nitrogen and oxygen atoms in total. The lowest BCUT2D eigenvalue weighted by atomic mass is 9.92. The number of fused-ring (bicyclic) bond motifs is 2. The minimum Gasteiger partial charge on any atom is -0.487 e. The van der Waals surface area contributed by atoms with Gasteiger partial charge in [0.1, 0.15) is 16.9 Å². The lowest BCUT2D eigenvalue weighted by Crippen LogP contribution is -2.33. The van der Waals surface area contributed by atoms with E-state index in [1.165, 1.54) is 11.6 Å². The van der Waals surface area contributed by atoms with Crippen LogP contribution in [-0.4, -0.2) is 5.60 Å². The van der Waals surface area contributed by atoms with E-state index >= 15 is 0 Å². The summed E-state index contributed by atoms with van der Waals surface area (Å²) in [5.74, 6) is 0.883. The van der Waals surface area contributed by atoms with Crippen molar-refractivity contribution in [1.82, 2.24) is 0 Å². The summed E-state index contributed by atoms with van der Waals surface area (Å²) < 4.78 is 11.3. The van der Waals surface area contributed by atoms with Crippen LogP contribution in [0, 0.1) is 6.92 Å². The van der Waals surface area contributed by atoms with Crippen LogP contribution in [0.1, 0.15) is 31.4 Å². The van der Waals surface area contributed by atoms with E-state index in [0.717, 1.165) is 29.5 Å². The van der Waals surface area contributed by atoms with E-state index in [1.54, 1.807) is 0 Å². The standard InChI is InChI=1S/C15H16O3/c1-9-13-10(4-5-12(16)17-13)8-11-6-7-15(2,3)18-14(9)11/h4-5,8H,6-7H2,1-3H3. The Kier molecular flexibility index (Phi) is 2.27. The van der Waals surface area contributed by atoms with Crippen molar-refractivity contribution in [2.24, 2.45) is 0 Å². The molecule has 0 atom stereocenters. The van der Waals surface area contributed by atoms with Crippen molar-refractivity contribution in [3.63, 3.8) is 0 Å². The van der Waals surface area contributed by atoms with Gasteiger partial charge in [0.25, 0.3) is 0 Å². The molecule has 0 spiro atoms. The highest BCUT2D eigenvalue weighted by atomic mass is 16.5. The molecule has 1 aliphatic heterocycles. The second-order valence-corrected chi connectivity index (χ2v) is 5.52. The monoisotopic (exact) mass is 244 g/mol. The minimum absolute atomic E-state index is 0.152. The molecule has 0 radical (unpaired) electrons. The molecule has 0 saturated heterocycles. The van der Waals surface area contributed by atoms with E-state index in [2.05, 4.69) is 19.9 Å². The average Bonchev–Trinajstić information content (AvgIpc) is 2.31. The van der Waals surface area contributed by atoms with Crippen molar-refractivity contribution in [2.75, 3.05) is 0 Å². The highest BCUT2D eigenvalue weighted by molar-refractivity contribution is 5.83. The smallest absolute Gasteiger partial charge is 0.336 e. The van der Waals surface area contributed by atoms with Gasteiger partial charge in [0.15, 0.2) is 0 Å². The molecule has 0 aliphatic carbocycles. The van der Waals surface area contributed by atoms with Crippen molar-refractivity contribution < 1.29 is 9.15 Å². The molecule has 2 heterocycles. The lowest BCUT2D eigenvalue weighted by Gasteiger charge is -2.33. The zero-order valence-electron chi connectivity index (χ0n) is 10.9. The highest BCUT2D eigenvalue weighted by Crippen LogP contribution is 2.38. The van der Waals surface area contributed by atoms with Crippen molar-refractivity contribution in [1.29, 1.82) is 0 Å². The molecule has 94 valence electrons. The maximum Gasteiger partial charge on any atom is 0.336 e. The second-order valence-electron chi connectivity index (χ2n) is 5.52. The Morgan fingerprint density at radius 3 is 2.83 bits per heavy atom. The van der Waals surface area contributed by atoms with Gasteiger partial charge in [-0.1, -0.05) is 0 Å². The van der Waals surface area contributed by atoms with Gasteiger partial charge in [-0.3, -0.25) is 0 Å². The lowest BCUT2D eigenvalue weighted by molar-refractivity contribution is 0.0838. The van der Waals surface area contributed by atoms with Crippen molar-refractivity contribution in [2.45, 2.75) is 39.2 Å². The summed E-state index contributed by atoms with van der Waals surface area (Å²) >= 11 is 0. The van der Waals surface area contributed by atoms with Crippen LogP contribution in [0.15, 0.2) is 27.4 Å². The predicted octanol–water partition coefficient (Wildman–Crippen LogP) is 3.21. The van der Waals surface area contributed by atoms with Gasteiger partial charge in [-0.05, 0) is 51.3 Å². The molecule has 0 saturated carbocycles. The van der Waals surface area contributed by atoms with Crippen molar-refractivity contribution >= 4 is 11.0 Å². The fourth-order valence-electron chi connectivity index (χ4n) is 2.52. The zero-order chi connectivity index (χ0) is 12.9. The number of ether oxygens (including phenoxy) is 1. The van der Waals surface area contributed by atoms with Crippen LogP contribution >= 0.6 is 0 Å². The van der Waals surface area contributed by atoms with Crippen LogP contribution in [0.3, 0.4) is 0 Å². The SMILES string of the molecule is Cc1c2c(cc3ccc(=O)oc13)CCC(C)(C)O2. The van der Waals surface area contributed by atoms with E-state index in [1.807, 2.05) is 13.0 Å². The first-order valence-corrected chi connectivity index (χ1v) is 6.22. The molecule has 0 N–H and O–H groups in total. The molecular formula is C15H16O3. The number of benzene rings is 1. The molecule has 2 aromatic rings. The Morgan fingerprint density at radius 1 is 1.28 bits per heavy atom. The summed E-state index contributed by atoms with van der Waals surface area (Å²) in [5, 5.41) is 0.967. The van der Waals surface area contributed by atoms with Crippen LogP contribution in [-0.2, 0) is 6.42 Å². The van der Waals surface area contributed by atoms with Crippen molar-refractivity contribution in [3.8, 4) is 5.75 Å². The zero-order valence-corrected chi connectivity index (χ0v) is 10.9. The Morgan fingerprint density at radius 2 is 2.06 bits per heavy atom. The average molecular weight is 244 g/mol. The largest absolute Gasteiger partial charge is 0.487 e. The van der Waals surface area contributed by atoms with E-state index in [-0.39, 0.29) is 11.2 Å². The van der Waals surface area contributed by atoms with Gasteiger partial charge in [-0.25, -0.2) is 4.79 Å². The molecule has 1 aliphatic rings. The van der Waals surface area contributed by atoms with Crippen LogP contribution in [0.4, 0.5) is 0 Å². The number of rotatable bonds is 0. The molecule has 3 heteroatoms. The van der Waals surface area contributed by atoms with E-state index in [0.29, 0.717) is 5.58 Å². The molecule has 0 fully saturated rings. The predicted molar refractivity (Wildman–Crippen MR) is 70.2 cm³/mol. The van der Waals surface area contributed by atoms with Gasteiger partial charge in [0, 0.05) is 17.0 Å². The van der Waals surface area contributed by atoms with Gasteiger partial charge >= 0.3 is 5.63 Å². The fourth-order valence-corrected chi connectivity index (χ4v) is 2.52. The molecule has 3 rings (SSSR count). The molecule has 0 bridgehead atoms. The Hall–Kier alpha value is -1.77. The first-order chi connectivity index (χ1) is 8.46. The summed E-state index contributed by atoms with van der Waals surface area (Å²) in [7, 11) is 0. The second kappa shape index (κ2) is 3.61. The van der Waals surface area contributed by atoms with Gasteiger partial charge in [0.05, 0.1) is 0 Å². The maximum atomic E-state index is 11.3. The third-order valence-corrected chi connectivity index (χ3v) is 3.54. The summed E-state index contributed by atoms with van der Waals surface area (Å²) in [5.41, 5.74) is 2.29. The minimum atomic E-state index is -0.319. The van der Waals surface area contributed by atoms with Crippen LogP contribution in [0.5, 0.6) is 5.75 Å². The molecule has 1 aromatic heterocycles. The molecule has 1 aromatic carbocycles. The van der Waals surface area contributed by atoms with Gasteiger partial charge in [-0.2, -0.15) is 0 Å². The first-order valence-electron chi connectivity index (χ1n) is 6.22. The Bertz CT molecular complexity index is 680. The quantitative estimate of drug-likeness (QED) is 0.668. The number of hydrogen-bond acceptors (Lipinski definition) is 3. The Balaban J connectivity index is 2.30. The van der Waals surface area contributed by atoms with E-state index in [9.17, 15) is 4.79 Å². The van der Waals surface area contributed by atoms with Crippen LogP contribution < -0.4 is 10.4 Å². The summed E-state index contributed by atoms with van der Waals surface area (Å²) in [6.45, 7) is 6.12. The van der Waals surface area contributed by atoms with Crippen LogP contribution in [0.25, 0.3) is 11.0 Å². The molecule has 0 unspecified atom stereocenters. The first kappa shape index (κ1) is 11.3. The molecular weight excluding hydrogens is 228 g/mol. The molecule has 0 amide bonds. The number of aryl methyl sites for hydroxylation is 2. The number of hydrogen-bond donors (Lipinski definition) is 0. The summed E-state index contributed by atoms with van der Waals surface area (Å²) in [6.07, 6.45) is 2.00. The summed E-state index contributed by atoms with van der Waals surface area (Å²) in [6, 6.07) is 5.34. The third kappa shape index (κ3) is 1.70. The summed E-state index contributed by atoms with van der Waals surface area (Å²) in [4.78, 5) is 11.3. The topological polar surface area (TPSA) is 39.4 Å². The third-order valence-electron chi connectivity index (χ3n) is 3.54. The van der Waals surface area contributed by atoms with Crippen molar-refractivity contribution in [3.05, 3.63) is 39.7 Å². The normalized spacial score (nSPS) is 17.3.